The standard InChI is InChI=1S/C22H27N3O2/c1-23-15-17-12-13-25(16-17)21(26)14-20(18-8-4-2-5-9-18)24-22(27)19-10-6-3-7-11-19/h2-11,17,20,23H,12-16H2,1H3,(H,24,27). The molecule has 2 N–H and O–H groups in total. The molecule has 5 heteroatoms. The van der Waals surface area contributed by atoms with Gasteiger partial charge in [0.05, 0.1) is 12.5 Å². The second-order valence-corrected chi connectivity index (χ2v) is 7.06. The van der Waals surface area contributed by atoms with Gasteiger partial charge in [0.1, 0.15) is 0 Å². The third kappa shape index (κ3) is 5.17. The van der Waals surface area contributed by atoms with Crippen LogP contribution in [0.1, 0.15) is 34.8 Å². The molecule has 0 radical (unpaired) electrons. The van der Waals surface area contributed by atoms with Crippen LogP contribution in [0.2, 0.25) is 0 Å². The highest BCUT2D eigenvalue weighted by Gasteiger charge is 2.28. The van der Waals surface area contributed by atoms with E-state index in [1.807, 2.05) is 60.5 Å². The van der Waals surface area contributed by atoms with E-state index in [2.05, 4.69) is 10.6 Å². The van der Waals surface area contributed by atoms with Crippen LogP contribution < -0.4 is 10.6 Å². The van der Waals surface area contributed by atoms with E-state index in [4.69, 9.17) is 0 Å². The molecule has 0 aliphatic carbocycles. The average molecular weight is 365 g/mol. The molecule has 2 aromatic carbocycles. The van der Waals surface area contributed by atoms with Crippen molar-refractivity contribution >= 4 is 11.8 Å². The fraction of sp³-hybridized carbons (Fsp3) is 0.364. The van der Waals surface area contributed by atoms with Gasteiger partial charge in [-0.1, -0.05) is 48.5 Å². The van der Waals surface area contributed by atoms with Crippen LogP contribution in [0.3, 0.4) is 0 Å². The molecule has 0 aromatic heterocycles. The van der Waals surface area contributed by atoms with Gasteiger partial charge < -0.3 is 15.5 Å². The third-order valence-corrected chi connectivity index (χ3v) is 5.05. The van der Waals surface area contributed by atoms with Gasteiger partial charge in [0, 0.05) is 18.7 Å². The molecule has 1 aliphatic heterocycles. The molecule has 1 saturated heterocycles. The summed E-state index contributed by atoms with van der Waals surface area (Å²) in [5.74, 6) is 0.440. The first kappa shape index (κ1) is 19.1. The number of nitrogens with one attached hydrogen (secondary N) is 2. The van der Waals surface area contributed by atoms with Gasteiger partial charge in [-0.05, 0) is 43.6 Å². The van der Waals surface area contributed by atoms with Crippen molar-refractivity contribution in [1.29, 1.82) is 0 Å². The van der Waals surface area contributed by atoms with Crippen molar-refractivity contribution in [2.75, 3.05) is 26.7 Å². The number of hydrogen-bond acceptors (Lipinski definition) is 3. The Morgan fingerprint density at radius 3 is 2.41 bits per heavy atom. The van der Waals surface area contributed by atoms with E-state index in [9.17, 15) is 9.59 Å². The first-order valence-electron chi connectivity index (χ1n) is 9.50. The molecule has 27 heavy (non-hydrogen) atoms. The van der Waals surface area contributed by atoms with Crippen LogP contribution >= 0.6 is 0 Å². The number of benzene rings is 2. The summed E-state index contributed by atoms with van der Waals surface area (Å²) in [4.78, 5) is 27.4. The van der Waals surface area contributed by atoms with Crippen molar-refractivity contribution in [2.24, 2.45) is 5.92 Å². The molecule has 1 fully saturated rings. The Balaban J connectivity index is 1.69. The minimum atomic E-state index is -0.338. The summed E-state index contributed by atoms with van der Waals surface area (Å²) in [5.41, 5.74) is 1.54. The second-order valence-electron chi connectivity index (χ2n) is 7.06. The van der Waals surface area contributed by atoms with Gasteiger partial charge in [-0.15, -0.1) is 0 Å². The second kappa shape index (κ2) is 9.33. The molecule has 0 saturated carbocycles. The minimum Gasteiger partial charge on any atom is -0.345 e. The van der Waals surface area contributed by atoms with Crippen LogP contribution in [-0.2, 0) is 4.79 Å². The van der Waals surface area contributed by atoms with Gasteiger partial charge >= 0.3 is 0 Å². The number of carbonyl (C=O) groups is 2. The normalized spacial score (nSPS) is 17.5. The monoisotopic (exact) mass is 365 g/mol. The summed E-state index contributed by atoms with van der Waals surface area (Å²) in [6.07, 6.45) is 1.30. The van der Waals surface area contributed by atoms with E-state index in [1.54, 1.807) is 12.1 Å². The number of hydrogen-bond donors (Lipinski definition) is 2. The highest BCUT2D eigenvalue weighted by Crippen LogP contribution is 2.22. The highest BCUT2D eigenvalue weighted by atomic mass is 16.2. The maximum atomic E-state index is 12.9. The van der Waals surface area contributed by atoms with Crippen molar-refractivity contribution in [2.45, 2.75) is 18.9 Å². The largest absolute Gasteiger partial charge is 0.345 e. The van der Waals surface area contributed by atoms with Gasteiger partial charge in [0.15, 0.2) is 0 Å². The summed E-state index contributed by atoms with van der Waals surface area (Å²) in [6.45, 7) is 2.50. The fourth-order valence-electron chi connectivity index (χ4n) is 3.59. The highest BCUT2D eigenvalue weighted by molar-refractivity contribution is 5.94. The number of rotatable bonds is 7. The molecule has 1 aliphatic rings. The number of likely N-dealkylation sites (tertiary alicyclic amines) is 1. The van der Waals surface area contributed by atoms with Gasteiger partial charge in [-0.2, -0.15) is 0 Å². The van der Waals surface area contributed by atoms with Gasteiger partial charge in [0.25, 0.3) is 5.91 Å². The molecular weight excluding hydrogens is 338 g/mol. The molecule has 3 rings (SSSR count). The molecule has 0 spiro atoms. The lowest BCUT2D eigenvalue weighted by Crippen LogP contribution is -2.36. The average Bonchev–Trinajstić information content (AvgIpc) is 3.18. The van der Waals surface area contributed by atoms with Crippen LogP contribution in [-0.4, -0.2) is 43.4 Å². The van der Waals surface area contributed by atoms with Crippen LogP contribution in [0.5, 0.6) is 0 Å². The Bertz CT molecular complexity index is 749. The molecular formula is C22H27N3O2. The summed E-state index contributed by atoms with van der Waals surface area (Å²) in [7, 11) is 1.94. The topological polar surface area (TPSA) is 61.4 Å². The molecule has 2 unspecified atom stereocenters. The Labute approximate surface area is 160 Å². The SMILES string of the molecule is CNCC1CCN(C(=O)CC(NC(=O)c2ccccc2)c2ccccc2)C1. The zero-order valence-corrected chi connectivity index (χ0v) is 15.7. The van der Waals surface area contributed by atoms with E-state index >= 15 is 0 Å². The molecule has 142 valence electrons. The van der Waals surface area contributed by atoms with E-state index in [0.29, 0.717) is 11.5 Å². The summed E-state index contributed by atoms with van der Waals surface area (Å²) < 4.78 is 0. The first-order valence-corrected chi connectivity index (χ1v) is 9.50. The smallest absolute Gasteiger partial charge is 0.251 e. The van der Waals surface area contributed by atoms with Crippen LogP contribution in [0.15, 0.2) is 60.7 Å². The molecule has 1 heterocycles. The van der Waals surface area contributed by atoms with Crippen molar-refractivity contribution in [3.05, 3.63) is 71.8 Å². The van der Waals surface area contributed by atoms with Gasteiger partial charge in [-0.3, -0.25) is 9.59 Å². The quantitative estimate of drug-likeness (QED) is 0.793. The predicted octanol–water partition coefficient (Wildman–Crippen LogP) is 2.62. The van der Waals surface area contributed by atoms with E-state index in [1.165, 1.54) is 0 Å². The lowest BCUT2D eigenvalue weighted by atomic mass is 10.0. The van der Waals surface area contributed by atoms with Crippen LogP contribution in [0, 0.1) is 5.92 Å². The van der Waals surface area contributed by atoms with Gasteiger partial charge in [0.2, 0.25) is 5.91 Å². The van der Waals surface area contributed by atoms with E-state index < -0.39 is 0 Å². The van der Waals surface area contributed by atoms with E-state index in [-0.39, 0.29) is 24.3 Å². The molecule has 5 nitrogen and oxygen atoms in total. The molecule has 2 atom stereocenters. The Morgan fingerprint density at radius 1 is 1.07 bits per heavy atom. The predicted molar refractivity (Wildman–Crippen MR) is 106 cm³/mol. The van der Waals surface area contributed by atoms with Gasteiger partial charge in [-0.25, -0.2) is 0 Å². The van der Waals surface area contributed by atoms with Crippen molar-refractivity contribution in [3.63, 3.8) is 0 Å². The zero-order valence-electron chi connectivity index (χ0n) is 15.7. The number of carbonyl (C=O) groups excluding carboxylic acids is 2. The Kier molecular flexibility index (Phi) is 6.60. The van der Waals surface area contributed by atoms with Crippen molar-refractivity contribution in [1.82, 2.24) is 15.5 Å². The summed E-state index contributed by atoms with van der Waals surface area (Å²) in [5, 5.41) is 6.23. The van der Waals surface area contributed by atoms with Crippen LogP contribution in [0.25, 0.3) is 0 Å². The maximum absolute atomic E-state index is 12.9. The fourth-order valence-corrected chi connectivity index (χ4v) is 3.59. The third-order valence-electron chi connectivity index (χ3n) is 5.05. The lowest BCUT2D eigenvalue weighted by Gasteiger charge is -2.23. The molecule has 2 amide bonds. The van der Waals surface area contributed by atoms with Crippen molar-refractivity contribution in [3.8, 4) is 0 Å². The summed E-state index contributed by atoms with van der Waals surface area (Å²) >= 11 is 0. The van der Waals surface area contributed by atoms with Crippen molar-refractivity contribution < 1.29 is 9.59 Å². The van der Waals surface area contributed by atoms with E-state index in [0.717, 1.165) is 31.6 Å². The maximum Gasteiger partial charge on any atom is 0.251 e. The molecule has 0 bridgehead atoms. The number of nitrogens with zero attached hydrogens (tertiary/aromatic N) is 1. The zero-order chi connectivity index (χ0) is 19.1. The Hall–Kier alpha value is -2.66. The minimum absolute atomic E-state index is 0.0933. The Morgan fingerprint density at radius 2 is 1.74 bits per heavy atom. The summed E-state index contributed by atoms with van der Waals surface area (Å²) in [6, 6.07) is 18.5. The lowest BCUT2D eigenvalue weighted by molar-refractivity contribution is -0.130. The molecule has 2 aromatic rings. The van der Waals surface area contributed by atoms with Crippen LogP contribution in [0.4, 0.5) is 0 Å². The number of amides is 2. The first-order chi connectivity index (χ1) is 13.2.